The molecule has 2 aromatic heterocycles. The van der Waals surface area contributed by atoms with Gasteiger partial charge in [0.1, 0.15) is 5.82 Å². The maximum absolute atomic E-state index is 12.2. The quantitative estimate of drug-likeness (QED) is 0.892. The lowest BCUT2D eigenvalue weighted by Gasteiger charge is -2.15. The first kappa shape index (κ1) is 16.9. The van der Waals surface area contributed by atoms with E-state index in [1.807, 2.05) is 19.2 Å². The molecule has 1 aliphatic heterocycles. The van der Waals surface area contributed by atoms with Crippen LogP contribution in [0.15, 0.2) is 10.2 Å². The van der Waals surface area contributed by atoms with Crippen molar-refractivity contribution in [2.45, 2.75) is 65.1 Å². The second kappa shape index (κ2) is 7.29. The average Bonchev–Trinajstić information content (AvgIpc) is 3.00. The number of fused-ring (bicyclic) bond motifs is 1. The van der Waals surface area contributed by atoms with E-state index in [1.165, 1.54) is 17.8 Å². The van der Waals surface area contributed by atoms with Gasteiger partial charge < -0.3 is 14.5 Å². The normalized spacial score (nSPS) is 15.6. The molecule has 24 heavy (non-hydrogen) atoms. The van der Waals surface area contributed by atoms with Gasteiger partial charge in [0.2, 0.25) is 5.91 Å². The Morgan fingerprint density at radius 1 is 1.38 bits per heavy atom. The zero-order chi connectivity index (χ0) is 17.1. The minimum atomic E-state index is -0.183. The summed E-state index contributed by atoms with van der Waals surface area (Å²) in [7, 11) is 0. The largest absolute Gasteiger partial charge is 0.346 e. The lowest BCUT2D eigenvalue weighted by molar-refractivity contribution is -0.122. The molecule has 7 nitrogen and oxygen atoms in total. The molecule has 1 aliphatic rings. The highest BCUT2D eigenvalue weighted by molar-refractivity contribution is 7.07. The molecular formula is C16H23N5O2S. The van der Waals surface area contributed by atoms with Crippen LogP contribution in [-0.4, -0.2) is 25.2 Å². The van der Waals surface area contributed by atoms with E-state index in [-0.39, 0.29) is 23.2 Å². The number of nitrogens with one attached hydrogen (secondary N) is 1. The van der Waals surface area contributed by atoms with Gasteiger partial charge >= 0.3 is 4.87 Å². The molecule has 0 bridgehead atoms. The Morgan fingerprint density at radius 2 is 2.21 bits per heavy atom. The molecular weight excluding hydrogens is 326 g/mol. The molecule has 2 aromatic rings. The minimum absolute atomic E-state index is 0.0175. The number of rotatable bonds is 5. The summed E-state index contributed by atoms with van der Waals surface area (Å²) >= 11 is 1.17. The highest BCUT2D eigenvalue weighted by Crippen LogP contribution is 2.18. The standard InChI is InChI=1S/C16H23N5O2S/c1-11-10-24-16(23)20(11)9-7-14(22)17-12(2)15-19-18-13-6-4-3-5-8-21(13)15/h10,12H,3-9H2,1-2H3,(H,17,22)/t12-/m1/s1. The number of aromatic nitrogens is 4. The fourth-order valence-corrected chi connectivity index (χ4v) is 3.86. The summed E-state index contributed by atoms with van der Waals surface area (Å²) < 4.78 is 3.78. The van der Waals surface area contributed by atoms with Crippen LogP contribution in [0.25, 0.3) is 0 Å². The molecule has 0 unspecified atom stereocenters. The first-order chi connectivity index (χ1) is 11.6. The highest BCUT2D eigenvalue weighted by atomic mass is 32.1. The topological polar surface area (TPSA) is 81.8 Å². The van der Waals surface area contributed by atoms with Crippen LogP contribution in [0.4, 0.5) is 0 Å². The highest BCUT2D eigenvalue weighted by Gasteiger charge is 2.20. The molecule has 0 radical (unpaired) electrons. The van der Waals surface area contributed by atoms with Crippen molar-refractivity contribution in [2.24, 2.45) is 0 Å². The smallest absolute Gasteiger partial charge is 0.307 e. The molecule has 1 atom stereocenters. The summed E-state index contributed by atoms with van der Waals surface area (Å²) in [6.45, 7) is 5.14. The SMILES string of the molecule is Cc1csc(=O)n1CCC(=O)N[C@H](C)c1nnc2n1CCCCC2. The third-order valence-corrected chi connectivity index (χ3v) is 5.32. The first-order valence-electron chi connectivity index (χ1n) is 8.42. The summed E-state index contributed by atoms with van der Waals surface area (Å²) in [5.74, 6) is 1.76. The number of hydrogen-bond donors (Lipinski definition) is 1. The van der Waals surface area contributed by atoms with E-state index in [0.717, 1.165) is 43.1 Å². The Bertz CT molecular complexity index is 776. The summed E-state index contributed by atoms with van der Waals surface area (Å²) in [6, 6.07) is -0.183. The molecule has 0 spiro atoms. The van der Waals surface area contributed by atoms with Crippen LogP contribution in [0.3, 0.4) is 0 Å². The lowest BCUT2D eigenvalue weighted by Crippen LogP contribution is -2.30. The Hall–Kier alpha value is -1.96. The molecule has 1 amide bonds. The van der Waals surface area contributed by atoms with Crippen molar-refractivity contribution in [3.8, 4) is 0 Å². The van der Waals surface area contributed by atoms with Crippen molar-refractivity contribution in [3.63, 3.8) is 0 Å². The van der Waals surface area contributed by atoms with Crippen molar-refractivity contribution in [1.29, 1.82) is 0 Å². The number of aryl methyl sites for hydroxylation is 2. The number of amides is 1. The van der Waals surface area contributed by atoms with Gasteiger partial charge in [0.05, 0.1) is 6.04 Å². The molecule has 3 heterocycles. The molecule has 0 saturated heterocycles. The zero-order valence-electron chi connectivity index (χ0n) is 14.1. The molecule has 8 heteroatoms. The van der Waals surface area contributed by atoms with Gasteiger partial charge in [-0.05, 0) is 26.7 Å². The summed E-state index contributed by atoms with van der Waals surface area (Å²) in [5, 5.41) is 13.3. The lowest BCUT2D eigenvalue weighted by atomic mass is 10.2. The van der Waals surface area contributed by atoms with Crippen LogP contribution >= 0.6 is 11.3 Å². The maximum atomic E-state index is 12.2. The van der Waals surface area contributed by atoms with Crippen molar-refractivity contribution < 1.29 is 4.79 Å². The second-order valence-corrected chi connectivity index (χ2v) is 7.09. The maximum Gasteiger partial charge on any atom is 0.307 e. The number of nitrogens with zero attached hydrogens (tertiary/aromatic N) is 4. The number of carbonyl (C=O) groups is 1. The van der Waals surface area contributed by atoms with Crippen molar-refractivity contribution >= 4 is 17.2 Å². The summed E-state index contributed by atoms with van der Waals surface area (Å²) in [6.07, 6.45) is 4.71. The Kier molecular flexibility index (Phi) is 5.13. The summed E-state index contributed by atoms with van der Waals surface area (Å²) in [5.41, 5.74) is 0.897. The van der Waals surface area contributed by atoms with Gasteiger partial charge in [-0.3, -0.25) is 9.59 Å². The van der Waals surface area contributed by atoms with Crippen LogP contribution in [0.2, 0.25) is 0 Å². The van der Waals surface area contributed by atoms with E-state index < -0.39 is 0 Å². The molecule has 1 N–H and O–H groups in total. The van der Waals surface area contributed by atoms with Gasteiger partial charge in [-0.25, -0.2) is 0 Å². The van der Waals surface area contributed by atoms with Gasteiger partial charge in [0, 0.05) is 37.0 Å². The molecule has 0 aromatic carbocycles. The van der Waals surface area contributed by atoms with Crippen molar-refractivity contribution in [3.05, 3.63) is 32.4 Å². The van der Waals surface area contributed by atoms with Gasteiger partial charge in [0.15, 0.2) is 5.82 Å². The predicted molar refractivity (Wildman–Crippen MR) is 92.1 cm³/mol. The zero-order valence-corrected chi connectivity index (χ0v) is 14.9. The summed E-state index contributed by atoms with van der Waals surface area (Å²) in [4.78, 5) is 23.9. The fraction of sp³-hybridized carbons (Fsp3) is 0.625. The van der Waals surface area contributed by atoms with Gasteiger partial charge in [0.25, 0.3) is 0 Å². The van der Waals surface area contributed by atoms with Crippen molar-refractivity contribution in [1.82, 2.24) is 24.6 Å². The van der Waals surface area contributed by atoms with Crippen molar-refractivity contribution in [2.75, 3.05) is 0 Å². The van der Waals surface area contributed by atoms with E-state index in [9.17, 15) is 9.59 Å². The Morgan fingerprint density at radius 3 is 2.96 bits per heavy atom. The van der Waals surface area contributed by atoms with E-state index in [0.29, 0.717) is 6.54 Å². The fourth-order valence-electron chi connectivity index (χ4n) is 3.09. The molecule has 0 saturated carbocycles. The van der Waals surface area contributed by atoms with Crippen LogP contribution in [0.5, 0.6) is 0 Å². The monoisotopic (exact) mass is 349 g/mol. The molecule has 3 rings (SSSR count). The van der Waals surface area contributed by atoms with Crippen LogP contribution in [0, 0.1) is 6.92 Å². The van der Waals surface area contributed by atoms with Crippen LogP contribution < -0.4 is 10.2 Å². The number of carbonyl (C=O) groups excluding carboxylic acids is 1. The number of hydrogen-bond acceptors (Lipinski definition) is 5. The second-order valence-electron chi connectivity index (χ2n) is 6.27. The van der Waals surface area contributed by atoms with Crippen LogP contribution in [-0.2, 0) is 24.3 Å². The van der Waals surface area contributed by atoms with E-state index in [2.05, 4.69) is 20.1 Å². The minimum Gasteiger partial charge on any atom is -0.346 e. The van der Waals surface area contributed by atoms with Gasteiger partial charge in [-0.1, -0.05) is 17.8 Å². The van der Waals surface area contributed by atoms with E-state index in [4.69, 9.17) is 0 Å². The molecule has 130 valence electrons. The predicted octanol–water partition coefficient (Wildman–Crippen LogP) is 1.80. The average molecular weight is 349 g/mol. The van der Waals surface area contributed by atoms with E-state index in [1.54, 1.807) is 4.57 Å². The number of thiazole rings is 1. The Labute approximate surface area is 144 Å². The third-order valence-electron chi connectivity index (χ3n) is 4.44. The molecule has 0 fully saturated rings. The van der Waals surface area contributed by atoms with Crippen LogP contribution in [0.1, 0.15) is 56.0 Å². The third kappa shape index (κ3) is 3.58. The van der Waals surface area contributed by atoms with Gasteiger partial charge in [-0.2, -0.15) is 0 Å². The first-order valence-corrected chi connectivity index (χ1v) is 9.30. The van der Waals surface area contributed by atoms with Gasteiger partial charge in [-0.15, -0.1) is 10.2 Å². The molecule has 0 aliphatic carbocycles. The van der Waals surface area contributed by atoms with E-state index >= 15 is 0 Å². The Balaban J connectivity index is 1.60.